The van der Waals surface area contributed by atoms with Crippen molar-refractivity contribution in [1.82, 2.24) is 0 Å². The molecule has 0 aromatic heterocycles. The van der Waals surface area contributed by atoms with Crippen molar-refractivity contribution in [3.05, 3.63) is 52.5 Å². The normalized spacial score (nSPS) is 13.3. The zero-order valence-electron chi connectivity index (χ0n) is 11.2. The van der Waals surface area contributed by atoms with Gasteiger partial charge in [-0.25, -0.2) is 0 Å². The molecule has 0 unspecified atom stereocenters. The van der Waals surface area contributed by atoms with Crippen LogP contribution in [-0.2, 0) is 6.42 Å². The summed E-state index contributed by atoms with van der Waals surface area (Å²) in [4.78, 5) is 2.34. The Morgan fingerprint density at radius 1 is 1.15 bits per heavy atom. The maximum absolute atomic E-state index is 6.01. The number of nitrogens with zero attached hydrogens (tertiary/aromatic N) is 1. The Kier molecular flexibility index (Phi) is 3.83. The lowest BCUT2D eigenvalue weighted by molar-refractivity contribution is 0.324. The van der Waals surface area contributed by atoms with Crippen molar-refractivity contribution in [3.63, 3.8) is 0 Å². The zero-order chi connectivity index (χ0) is 13.9. The topological polar surface area (TPSA) is 38.5 Å². The highest BCUT2D eigenvalue weighted by Crippen LogP contribution is 2.31. The van der Waals surface area contributed by atoms with Crippen LogP contribution < -0.4 is 15.4 Å². The van der Waals surface area contributed by atoms with Crippen LogP contribution in [0, 0.1) is 0 Å². The van der Waals surface area contributed by atoms with Crippen molar-refractivity contribution in [3.8, 4) is 5.75 Å². The molecule has 1 aliphatic heterocycles. The Bertz CT molecular complexity index is 598. The van der Waals surface area contributed by atoms with E-state index in [1.54, 1.807) is 0 Å². The number of ether oxygens (including phenoxy) is 1. The standard InChI is InChI=1S/C16H17BrN2O/c17-12-4-6-13(7-5-12)20-11-10-19-9-8-14-15(18)2-1-3-16(14)19/h1-7H,8-11,18H2. The quantitative estimate of drug-likeness (QED) is 0.871. The summed E-state index contributed by atoms with van der Waals surface area (Å²) in [7, 11) is 0. The molecule has 3 nitrogen and oxygen atoms in total. The highest BCUT2D eigenvalue weighted by Gasteiger charge is 2.20. The van der Waals surface area contributed by atoms with Crippen LogP contribution in [0.3, 0.4) is 0 Å². The van der Waals surface area contributed by atoms with Gasteiger partial charge in [-0.15, -0.1) is 0 Å². The molecule has 0 amide bonds. The molecule has 4 heteroatoms. The predicted molar refractivity (Wildman–Crippen MR) is 86.4 cm³/mol. The largest absolute Gasteiger partial charge is 0.492 e. The smallest absolute Gasteiger partial charge is 0.119 e. The molecular formula is C16H17BrN2O. The molecule has 0 spiro atoms. The van der Waals surface area contributed by atoms with Crippen LogP contribution in [0.25, 0.3) is 0 Å². The molecule has 0 saturated heterocycles. The Hall–Kier alpha value is -1.68. The molecular weight excluding hydrogens is 316 g/mol. The van der Waals surface area contributed by atoms with E-state index in [-0.39, 0.29) is 0 Å². The second-order valence-corrected chi connectivity index (χ2v) is 5.80. The van der Waals surface area contributed by atoms with Gasteiger partial charge in [0.1, 0.15) is 12.4 Å². The molecule has 0 aliphatic carbocycles. The predicted octanol–water partition coefficient (Wildman–Crippen LogP) is 3.47. The summed E-state index contributed by atoms with van der Waals surface area (Å²) in [6.07, 6.45) is 1.03. The molecule has 1 aliphatic rings. The molecule has 104 valence electrons. The molecule has 0 radical (unpaired) electrons. The van der Waals surface area contributed by atoms with Gasteiger partial charge in [-0.3, -0.25) is 0 Å². The maximum Gasteiger partial charge on any atom is 0.119 e. The number of halogens is 1. The first-order valence-electron chi connectivity index (χ1n) is 6.75. The Labute approximate surface area is 127 Å². The van der Waals surface area contributed by atoms with Crippen molar-refractivity contribution >= 4 is 27.3 Å². The molecule has 0 bridgehead atoms. The third-order valence-electron chi connectivity index (χ3n) is 3.60. The summed E-state index contributed by atoms with van der Waals surface area (Å²) in [6, 6.07) is 14.0. The Balaban J connectivity index is 1.58. The summed E-state index contributed by atoms with van der Waals surface area (Å²) < 4.78 is 6.84. The number of hydrogen-bond donors (Lipinski definition) is 1. The van der Waals surface area contributed by atoms with Gasteiger partial charge in [0.05, 0.1) is 6.54 Å². The van der Waals surface area contributed by atoms with Gasteiger partial charge in [0.2, 0.25) is 0 Å². The number of nitrogen functional groups attached to an aromatic ring is 1. The van der Waals surface area contributed by atoms with Gasteiger partial charge >= 0.3 is 0 Å². The van der Waals surface area contributed by atoms with Gasteiger partial charge in [0.15, 0.2) is 0 Å². The lowest BCUT2D eigenvalue weighted by atomic mass is 10.1. The molecule has 0 atom stereocenters. The number of benzene rings is 2. The Morgan fingerprint density at radius 3 is 2.75 bits per heavy atom. The van der Waals surface area contributed by atoms with Crippen molar-refractivity contribution < 1.29 is 4.74 Å². The van der Waals surface area contributed by atoms with Gasteiger partial charge in [-0.1, -0.05) is 22.0 Å². The van der Waals surface area contributed by atoms with Crippen molar-refractivity contribution in [2.75, 3.05) is 30.3 Å². The highest BCUT2D eigenvalue weighted by atomic mass is 79.9. The summed E-state index contributed by atoms with van der Waals surface area (Å²) in [5, 5.41) is 0. The molecule has 1 heterocycles. The van der Waals surface area contributed by atoms with Crippen LogP contribution in [0.15, 0.2) is 46.9 Å². The van der Waals surface area contributed by atoms with Crippen LogP contribution in [0.1, 0.15) is 5.56 Å². The molecule has 3 rings (SSSR count). The molecule has 2 aromatic rings. The van der Waals surface area contributed by atoms with E-state index in [9.17, 15) is 0 Å². The third kappa shape index (κ3) is 2.75. The van der Waals surface area contributed by atoms with E-state index in [1.807, 2.05) is 36.4 Å². The minimum atomic E-state index is 0.676. The average Bonchev–Trinajstić information content (AvgIpc) is 2.86. The van der Waals surface area contributed by atoms with Crippen LogP contribution in [-0.4, -0.2) is 19.7 Å². The highest BCUT2D eigenvalue weighted by molar-refractivity contribution is 9.10. The minimum absolute atomic E-state index is 0.676. The van der Waals surface area contributed by atoms with E-state index in [0.29, 0.717) is 6.61 Å². The van der Waals surface area contributed by atoms with E-state index >= 15 is 0 Å². The number of anilines is 2. The fraction of sp³-hybridized carbons (Fsp3) is 0.250. The van der Waals surface area contributed by atoms with Gasteiger partial charge in [-0.2, -0.15) is 0 Å². The van der Waals surface area contributed by atoms with Crippen LogP contribution in [0.4, 0.5) is 11.4 Å². The van der Waals surface area contributed by atoms with Crippen LogP contribution in [0.2, 0.25) is 0 Å². The summed E-state index contributed by atoms with van der Waals surface area (Å²) in [6.45, 7) is 2.58. The minimum Gasteiger partial charge on any atom is -0.492 e. The van der Waals surface area contributed by atoms with Gasteiger partial charge < -0.3 is 15.4 Å². The second kappa shape index (κ2) is 5.75. The molecule has 0 saturated carbocycles. The van der Waals surface area contributed by atoms with Crippen molar-refractivity contribution in [1.29, 1.82) is 0 Å². The molecule has 0 fully saturated rings. The maximum atomic E-state index is 6.01. The number of hydrogen-bond acceptors (Lipinski definition) is 3. The lowest BCUT2D eigenvalue weighted by Gasteiger charge is -2.19. The summed E-state index contributed by atoms with van der Waals surface area (Å²) >= 11 is 3.42. The second-order valence-electron chi connectivity index (χ2n) is 4.88. The SMILES string of the molecule is Nc1cccc2c1CCN2CCOc1ccc(Br)cc1. The van der Waals surface area contributed by atoms with Crippen LogP contribution in [0.5, 0.6) is 5.75 Å². The Morgan fingerprint density at radius 2 is 1.95 bits per heavy atom. The van der Waals surface area contributed by atoms with E-state index < -0.39 is 0 Å². The van der Waals surface area contributed by atoms with E-state index in [1.165, 1.54) is 11.3 Å². The zero-order valence-corrected chi connectivity index (χ0v) is 12.8. The molecule has 2 aromatic carbocycles. The van der Waals surface area contributed by atoms with Gasteiger partial charge in [-0.05, 0) is 42.8 Å². The average molecular weight is 333 g/mol. The summed E-state index contributed by atoms with van der Waals surface area (Å²) in [5.41, 5.74) is 9.44. The molecule has 2 N–H and O–H groups in total. The number of rotatable bonds is 4. The van der Waals surface area contributed by atoms with Crippen LogP contribution >= 0.6 is 15.9 Å². The van der Waals surface area contributed by atoms with E-state index in [2.05, 4.69) is 26.9 Å². The lowest BCUT2D eigenvalue weighted by Crippen LogP contribution is -2.26. The fourth-order valence-corrected chi connectivity index (χ4v) is 2.83. The van der Waals surface area contributed by atoms with Crippen molar-refractivity contribution in [2.24, 2.45) is 0 Å². The first kappa shape index (κ1) is 13.3. The summed E-state index contributed by atoms with van der Waals surface area (Å²) in [5.74, 6) is 0.903. The number of fused-ring (bicyclic) bond motifs is 1. The van der Waals surface area contributed by atoms with Gasteiger partial charge in [0.25, 0.3) is 0 Å². The van der Waals surface area contributed by atoms with Gasteiger partial charge in [0, 0.05) is 28.0 Å². The number of nitrogens with two attached hydrogens (primary N) is 1. The molecule has 20 heavy (non-hydrogen) atoms. The van der Waals surface area contributed by atoms with E-state index in [4.69, 9.17) is 10.5 Å². The van der Waals surface area contributed by atoms with Crippen molar-refractivity contribution in [2.45, 2.75) is 6.42 Å². The van der Waals surface area contributed by atoms with E-state index in [0.717, 1.165) is 35.4 Å². The fourth-order valence-electron chi connectivity index (χ4n) is 2.56. The first-order chi connectivity index (χ1) is 9.74. The third-order valence-corrected chi connectivity index (χ3v) is 4.13. The first-order valence-corrected chi connectivity index (χ1v) is 7.54. The monoisotopic (exact) mass is 332 g/mol.